The number of hydrogen-bond acceptors (Lipinski definition) is 4. The van der Waals surface area contributed by atoms with Crippen molar-refractivity contribution in [2.75, 3.05) is 0 Å². The van der Waals surface area contributed by atoms with Crippen LogP contribution in [0.3, 0.4) is 0 Å². The fraction of sp³-hybridized carbons (Fsp3) is 0.727. The number of sulfonamides is 1. The van der Waals surface area contributed by atoms with Crippen molar-refractivity contribution in [1.29, 1.82) is 0 Å². The van der Waals surface area contributed by atoms with Crippen molar-refractivity contribution in [3.63, 3.8) is 0 Å². The van der Waals surface area contributed by atoms with Gasteiger partial charge in [0.25, 0.3) is 10.0 Å². The van der Waals surface area contributed by atoms with Gasteiger partial charge >= 0.3 is 0 Å². The summed E-state index contributed by atoms with van der Waals surface area (Å²) in [6.07, 6.45) is 4.87. The summed E-state index contributed by atoms with van der Waals surface area (Å²) < 4.78 is 28.7. The molecule has 0 amide bonds. The van der Waals surface area contributed by atoms with Gasteiger partial charge in [0.15, 0.2) is 5.03 Å². The van der Waals surface area contributed by atoms with Crippen LogP contribution in [0.15, 0.2) is 17.3 Å². The molecule has 0 aromatic carbocycles. The van der Waals surface area contributed by atoms with E-state index in [0.29, 0.717) is 6.54 Å². The average Bonchev–Trinajstić information content (AvgIpc) is 2.81. The van der Waals surface area contributed by atoms with Crippen LogP contribution in [0.2, 0.25) is 0 Å². The van der Waals surface area contributed by atoms with Gasteiger partial charge in [0.05, 0.1) is 6.20 Å². The van der Waals surface area contributed by atoms with E-state index in [4.69, 9.17) is 5.73 Å². The molecule has 0 spiro atoms. The summed E-state index contributed by atoms with van der Waals surface area (Å²) in [7, 11) is -3.47. The molecule has 6 nitrogen and oxygen atoms in total. The largest absolute Gasteiger partial charge is 0.328 e. The molecule has 19 heavy (non-hydrogen) atoms. The van der Waals surface area contributed by atoms with Gasteiger partial charge in [-0.25, -0.2) is 13.1 Å². The van der Waals surface area contributed by atoms with Crippen LogP contribution in [0, 0.1) is 0 Å². The van der Waals surface area contributed by atoms with Crippen molar-refractivity contribution in [1.82, 2.24) is 14.5 Å². The molecule has 0 saturated heterocycles. The Kier molecular flexibility index (Phi) is 5.79. The molecule has 1 aromatic rings. The Morgan fingerprint density at radius 2 is 2.05 bits per heavy atom. The summed E-state index contributed by atoms with van der Waals surface area (Å²) in [6.45, 7) is 2.41. The van der Waals surface area contributed by atoms with Crippen molar-refractivity contribution in [2.24, 2.45) is 5.73 Å². The highest BCUT2D eigenvalue weighted by atomic mass is 35.5. The molecule has 8 heteroatoms. The van der Waals surface area contributed by atoms with Gasteiger partial charge < -0.3 is 5.73 Å². The number of halogens is 1. The second-order valence-electron chi connectivity index (χ2n) is 4.72. The highest BCUT2D eigenvalue weighted by Crippen LogP contribution is 2.19. The number of rotatable bonds is 4. The maximum Gasteiger partial charge on any atom is 0.257 e. The van der Waals surface area contributed by atoms with E-state index < -0.39 is 10.0 Å². The summed E-state index contributed by atoms with van der Waals surface area (Å²) in [5.41, 5.74) is 5.81. The molecule has 0 unspecified atom stereocenters. The normalized spacial score (nSPS) is 23.9. The first-order valence-corrected chi connectivity index (χ1v) is 7.81. The van der Waals surface area contributed by atoms with Crippen LogP contribution >= 0.6 is 12.4 Å². The van der Waals surface area contributed by atoms with Crippen molar-refractivity contribution >= 4 is 22.4 Å². The lowest BCUT2D eigenvalue weighted by Gasteiger charge is -2.26. The van der Waals surface area contributed by atoms with E-state index >= 15 is 0 Å². The summed E-state index contributed by atoms with van der Waals surface area (Å²) >= 11 is 0. The molecule has 1 heterocycles. The van der Waals surface area contributed by atoms with Gasteiger partial charge in [0.2, 0.25) is 0 Å². The number of aryl methyl sites for hydroxylation is 1. The average molecular weight is 309 g/mol. The van der Waals surface area contributed by atoms with E-state index in [0.717, 1.165) is 25.7 Å². The molecular formula is C11H21ClN4O2S. The minimum atomic E-state index is -3.47. The zero-order valence-corrected chi connectivity index (χ0v) is 12.6. The quantitative estimate of drug-likeness (QED) is 0.863. The lowest BCUT2D eigenvalue weighted by Crippen LogP contribution is -2.41. The van der Waals surface area contributed by atoms with Gasteiger partial charge in [-0.15, -0.1) is 12.4 Å². The molecular weight excluding hydrogens is 288 g/mol. The third-order valence-corrected chi connectivity index (χ3v) is 4.89. The lowest BCUT2D eigenvalue weighted by molar-refractivity contribution is 0.372. The Morgan fingerprint density at radius 3 is 2.63 bits per heavy atom. The van der Waals surface area contributed by atoms with E-state index in [1.54, 1.807) is 0 Å². The minimum absolute atomic E-state index is 0. The van der Waals surface area contributed by atoms with Gasteiger partial charge in [-0.3, -0.25) is 4.68 Å². The number of nitrogens with two attached hydrogens (primary N) is 1. The predicted octanol–water partition coefficient (Wildman–Crippen LogP) is 0.873. The molecule has 1 aromatic heterocycles. The van der Waals surface area contributed by atoms with Crippen LogP contribution in [-0.4, -0.2) is 30.3 Å². The van der Waals surface area contributed by atoms with Crippen LogP contribution < -0.4 is 10.5 Å². The number of hydrogen-bond donors (Lipinski definition) is 2. The zero-order valence-electron chi connectivity index (χ0n) is 10.9. The maximum absolute atomic E-state index is 12.2. The fourth-order valence-electron chi connectivity index (χ4n) is 2.30. The van der Waals surface area contributed by atoms with Crippen molar-refractivity contribution in [2.45, 2.75) is 56.3 Å². The van der Waals surface area contributed by atoms with Crippen LogP contribution in [0.5, 0.6) is 0 Å². The van der Waals surface area contributed by atoms with Crippen molar-refractivity contribution < 1.29 is 8.42 Å². The van der Waals surface area contributed by atoms with E-state index in [1.165, 1.54) is 16.9 Å². The molecule has 1 saturated carbocycles. The topological polar surface area (TPSA) is 90.0 Å². The second kappa shape index (κ2) is 6.69. The maximum atomic E-state index is 12.2. The number of aromatic nitrogens is 2. The van der Waals surface area contributed by atoms with Gasteiger partial charge in [-0.1, -0.05) is 0 Å². The summed E-state index contributed by atoms with van der Waals surface area (Å²) in [4.78, 5) is 0. The Hall–Kier alpha value is -0.630. The van der Waals surface area contributed by atoms with E-state index in [2.05, 4.69) is 9.82 Å². The summed E-state index contributed by atoms with van der Waals surface area (Å²) in [5, 5.41) is 4.22. The highest BCUT2D eigenvalue weighted by molar-refractivity contribution is 7.89. The SMILES string of the molecule is CCn1nccc1S(=O)(=O)NC1CCC(N)CC1.Cl. The zero-order chi connectivity index (χ0) is 13.2. The first-order chi connectivity index (χ1) is 8.53. The second-order valence-corrected chi connectivity index (χ2v) is 6.38. The first kappa shape index (κ1) is 16.4. The van der Waals surface area contributed by atoms with Crippen LogP contribution in [0.25, 0.3) is 0 Å². The molecule has 0 bridgehead atoms. The van der Waals surface area contributed by atoms with Crippen LogP contribution in [-0.2, 0) is 16.6 Å². The standard InChI is InChI=1S/C11H20N4O2S.ClH/c1-2-15-11(7-8-13-15)18(16,17)14-10-5-3-9(12)4-6-10;/h7-10,14H,2-6,12H2,1H3;1H. The fourth-order valence-corrected chi connectivity index (χ4v) is 3.79. The van der Waals surface area contributed by atoms with E-state index in [9.17, 15) is 8.42 Å². The third-order valence-electron chi connectivity index (χ3n) is 3.35. The minimum Gasteiger partial charge on any atom is -0.328 e. The highest BCUT2D eigenvalue weighted by Gasteiger charge is 2.26. The Morgan fingerprint density at radius 1 is 1.42 bits per heavy atom. The number of nitrogens with one attached hydrogen (secondary N) is 1. The van der Waals surface area contributed by atoms with Gasteiger partial charge in [0, 0.05) is 18.6 Å². The molecule has 1 aliphatic rings. The predicted molar refractivity (Wildman–Crippen MR) is 75.7 cm³/mol. The molecule has 2 rings (SSSR count). The number of nitrogens with zero attached hydrogens (tertiary/aromatic N) is 2. The van der Waals surface area contributed by atoms with Gasteiger partial charge in [-0.2, -0.15) is 5.10 Å². The molecule has 0 atom stereocenters. The molecule has 1 fully saturated rings. The molecule has 0 aliphatic heterocycles. The molecule has 0 radical (unpaired) electrons. The summed E-state index contributed by atoms with van der Waals surface area (Å²) in [5.74, 6) is 0. The molecule has 3 N–H and O–H groups in total. The van der Waals surface area contributed by atoms with Crippen LogP contribution in [0.1, 0.15) is 32.6 Å². The smallest absolute Gasteiger partial charge is 0.257 e. The van der Waals surface area contributed by atoms with E-state index in [1.807, 2.05) is 6.92 Å². The Bertz CT molecular complexity index is 495. The Balaban J connectivity index is 0.00000180. The van der Waals surface area contributed by atoms with Crippen molar-refractivity contribution in [3.05, 3.63) is 12.3 Å². The van der Waals surface area contributed by atoms with E-state index in [-0.39, 0.29) is 29.5 Å². The Labute approximate surface area is 120 Å². The summed E-state index contributed by atoms with van der Waals surface area (Å²) in [6, 6.07) is 1.74. The monoisotopic (exact) mass is 308 g/mol. The van der Waals surface area contributed by atoms with Crippen LogP contribution in [0.4, 0.5) is 0 Å². The van der Waals surface area contributed by atoms with Gasteiger partial charge in [0.1, 0.15) is 0 Å². The first-order valence-electron chi connectivity index (χ1n) is 6.32. The molecule has 1 aliphatic carbocycles. The molecule has 110 valence electrons. The third kappa shape index (κ3) is 3.92. The lowest BCUT2D eigenvalue weighted by atomic mass is 9.93. The van der Waals surface area contributed by atoms with Gasteiger partial charge in [-0.05, 0) is 38.7 Å². The van der Waals surface area contributed by atoms with Crippen molar-refractivity contribution in [3.8, 4) is 0 Å².